The lowest BCUT2D eigenvalue weighted by Crippen LogP contribution is -2.10. The summed E-state index contributed by atoms with van der Waals surface area (Å²) in [4.78, 5) is 26.3. The van der Waals surface area contributed by atoms with Gasteiger partial charge in [-0.3, -0.25) is 4.79 Å². The first-order valence-electron chi connectivity index (χ1n) is 5.05. The van der Waals surface area contributed by atoms with Crippen molar-refractivity contribution in [3.05, 3.63) is 28.7 Å². The summed E-state index contributed by atoms with van der Waals surface area (Å²) in [7, 11) is -3.65. The van der Waals surface area contributed by atoms with Crippen LogP contribution in [0.25, 0.3) is 11.0 Å². The van der Waals surface area contributed by atoms with Gasteiger partial charge in [-0.15, -0.1) is 0 Å². The molecular weight excluding hydrogens is 260 g/mol. The van der Waals surface area contributed by atoms with Crippen molar-refractivity contribution in [3.8, 4) is 0 Å². The lowest BCUT2D eigenvalue weighted by Gasteiger charge is -2.02. The van der Waals surface area contributed by atoms with E-state index in [1.165, 1.54) is 18.2 Å². The number of hydrogen-bond acceptors (Lipinski definition) is 4. The smallest absolute Gasteiger partial charge is 0.323 e. The maximum atomic E-state index is 11.8. The number of hydrogen-bond donors (Lipinski definition) is 3. The maximum Gasteiger partial charge on any atom is 0.323 e. The van der Waals surface area contributed by atoms with E-state index in [0.717, 1.165) is 0 Å². The molecular formula is C10H10N2O5S. The van der Waals surface area contributed by atoms with Crippen LogP contribution in [-0.2, 0) is 14.6 Å². The van der Waals surface area contributed by atoms with Crippen molar-refractivity contribution in [1.82, 2.24) is 9.97 Å². The van der Waals surface area contributed by atoms with Crippen LogP contribution in [0.2, 0.25) is 0 Å². The summed E-state index contributed by atoms with van der Waals surface area (Å²) in [5.74, 6) is -1.64. The van der Waals surface area contributed by atoms with Crippen LogP contribution < -0.4 is 5.69 Å². The van der Waals surface area contributed by atoms with Gasteiger partial charge in [-0.1, -0.05) is 0 Å². The van der Waals surface area contributed by atoms with Crippen LogP contribution in [0.5, 0.6) is 0 Å². The number of nitrogens with one attached hydrogen (secondary N) is 2. The molecule has 0 saturated carbocycles. The van der Waals surface area contributed by atoms with E-state index in [2.05, 4.69) is 9.97 Å². The molecule has 0 radical (unpaired) electrons. The fourth-order valence-electron chi connectivity index (χ4n) is 1.54. The molecule has 18 heavy (non-hydrogen) atoms. The first-order valence-corrected chi connectivity index (χ1v) is 6.70. The van der Waals surface area contributed by atoms with Gasteiger partial charge < -0.3 is 15.1 Å². The average Bonchev–Trinajstić information content (AvgIpc) is 2.65. The molecule has 0 saturated heterocycles. The maximum absolute atomic E-state index is 11.8. The molecule has 7 nitrogen and oxygen atoms in total. The lowest BCUT2D eigenvalue weighted by atomic mass is 10.3. The van der Waals surface area contributed by atoms with E-state index < -0.39 is 33.7 Å². The molecule has 1 aromatic carbocycles. The van der Waals surface area contributed by atoms with Gasteiger partial charge in [-0.2, -0.15) is 0 Å². The number of carbonyl (C=O) groups is 1. The molecule has 0 fully saturated rings. The Labute approximate surface area is 101 Å². The predicted octanol–water partition coefficient (Wildman–Crippen LogP) is 0.105. The number of carboxylic acid groups (broad SMARTS) is 1. The van der Waals surface area contributed by atoms with E-state index in [0.29, 0.717) is 11.0 Å². The zero-order valence-electron chi connectivity index (χ0n) is 9.13. The minimum absolute atomic E-state index is 0.00787. The van der Waals surface area contributed by atoms with Gasteiger partial charge in [-0.25, -0.2) is 13.2 Å². The number of carboxylic acids is 1. The molecule has 1 aromatic heterocycles. The van der Waals surface area contributed by atoms with Gasteiger partial charge >= 0.3 is 11.7 Å². The number of fused-ring (bicyclic) bond motifs is 1. The number of sulfone groups is 1. The second-order valence-electron chi connectivity index (χ2n) is 3.75. The van der Waals surface area contributed by atoms with Crippen LogP contribution >= 0.6 is 0 Å². The quantitative estimate of drug-likeness (QED) is 0.728. The zero-order valence-corrected chi connectivity index (χ0v) is 9.95. The Balaban J connectivity index is 2.41. The van der Waals surface area contributed by atoms with Crippen molar-refractivity contribution in [1.29, 1.82) is 0 Å². The molecule has 0 bridgehead atoms. The minimum atomic E-state index is -3.65. The Morgan fingerprint density at radius 2 is 1.89 bits per heavy atom. The second kappa shape index (κ2) is 4.30. The normalized spacial score (nSPS) is 11.8. The third-order valence-electron chi connectivity index (χ3n) is 2.43. The van der Waals surface area contributed by atoms with Gasteiger partial charge in [-0.05, 0) is 18.2 Å². The SMILES string of the molecule is O=C(O)CCS(=O)(=O)c1ccc2[nH]c(=O)[nH]c2c1. The number of H-pyrrole nitrogens is 2. The van der Waals surface area contributed by atoms with Crippen LogP contribution in [0.3, 0.4) is 0 Å². The molecule has 8 heteroatoms. The standard InChI is InChI=1S/C10H10N2O5S/c13-9(14)3-4-18(16,17)6-1-2-7-8(5-6)12-10(15)11-7/h1-2,5H,3-4H2,(H,13,14)(H2,11,12,15). The summed E-state index contributed by atoms with van der Waals surface area (Å²) in [6.07, 6.45) is -0.454. The number of aromatic amines is 2. The van der Waals surface area contributed by atoms with Crippen LogP contribution in [0, 0.1) is 0 Å². The Bertz CT molecular complexity index is 756. The highest BCUT2D eigenvalue weighted by molar-refractivity contribution is 7.91. The van der Waals surface area contributed by atoms with E-state index in [1.807, 2.05) is 0 Å². The summed E-state index contributed by atoms with van der Waals surface area (Å²) >= 11 is 0. The van der Waals surface area contributed by atoms with E-state index >= 15 is 0 Å². The number of aliphatic carboxylic acids is 1. The highest BCUT2D eigenvalue weighted by Crippen LogP contribution is 2.16. The molecule has 0 unspecified atom stereocenters. The molecule has 3 N–H and O–H groups in total. The van der Waals surface area contributed by atoms with Gasteiger partial charge in [0.05, 0.1) is 28.1 Å². The number of imidazole rings is 1. The van der Waals surface area contributed by atoms with Crippen molar-refractivity contribution in [2.75, 3.05) is 5.75 Å². The summed E-state index contributed by atoms with van der Waals surface area (Å²) in [6, 6.07) is 4.11. The van der Waals surface area contributed by atoms with Crippen molar-refractivity contribution >= 4 is 26.8 Å². The monoisotopic (exact) mass is 270 g/mol. The molecule has 0 aliphatic heterocycles. The molecule has 2 aromatic rings. The molecule has 2 rings (SSSR count). The summed E-state index contributed by atoms with van der Waals surface area (Å²) in [5.41, 5.74) is 0.443. The molecule has 0 aliphatic carbocycles. The third kappa shape index (κ3) is 2.43. The van der Waals surface area contributed by atoms with Crippen LogP contribution in [0.1, 0.15) is 6.42 Å². The van der Waals surface area contributed by atoms with Crippen molar-refractivity contribution in [3.63, 3.8) is 0 Å². The number of aromatic nitrogens is 2. The Kier molecular flexibility index (Phi) is 2.95. The molecule has 1 heterocycles. The molecule has 0 spiro atoms. The van der Waals surface area contributed by atoms with Gasteiger partial charge in [0.15, 0.2) is 9.84 Å². The summed E-state index contributed by atoms with van der Waals surface area (Å²) in [5, 5.41) is 8.48. The van der Waals surface area contributed by atoms with Crippen molar-refractivity contribution in [2.45, 2.75) is 11.3 Å². The van der Waals surface area contributed by atoms with E-state index in [-0.39, 0.29) is 4.90 Å². The largest absolute Gasteiger partial charge is 0.481 e. The predicted molar refractivity (Wildman–Crippen MR) is 63.2 cm³/mol. The van der Waals surface area contributed by atoms with Gasteiger partial charge in [0.2, 0.25) is 0 Å². The highest BCUT2D eigenvalue weighted by Gasteiger charge is 2.17. The number of rotatable bonds is 4. The first-order chi connectivity index (χ1) is 8.38. The molecule has 0 amide bonds. The Hall–Kier alpha value is -2.09. The van der Waals surface area contributed by atoms with E-state index in [1.54, 1.807) is 0 Å². The fraction of sp³-hybridized carbons (Fsp3) is 0.200. The Morgan fingerprint density at radius 3 is 2.56 bits per heavy atom. The first kappa shape index (κ1) is 12.4. The Morgan fingerprint density at radius 1 is 1.22 bits per heavy atom. The van der Waals surface area contributed by atoms with Crippen LogP contribution in [-0.4, -0.2) is 35.2 Å². The van der Waals surface area contributed by atoms with E-state index in [4.69, 9.17) is 5.11 Å². The van der Waals surface area contributed by atoms with Crippen molar-refractivity contribution < 1.29 is 18.3 Å². The van der Waals surface area contributed by atoms with Crippen molar-refractivity contribution in [2.24, 2.45) is 0 Å². The van der Waals surface area contributed by atoms with Crippen LogP contribution in [0.4, 0.5) is 0 Å². The lowest BCUT2D eigenvalue weighted by molar-refractivity contribution is -0.136. The third-order valence-corrected chi connectivity index (χ3v) is 4.14. The summed E-state index contributed by atoms with van der Waals surface area (Å²) in [6.45, 7) is 0. The van der Waals surface area contributed by atoms with Gasteiger partial charge in [0.1, 0.15) is 0 Å². The second-order valence-corrected chi connectivity index (χ2v) is 5.86. The fourth-order valence-corrected chi connectivity index (χ4v) is 2.80. The molecule has 0 atom stereocenters. The highest BCUT2D eigenvalue weighted by atomic mass is 32.2. The average molecular weight is 270 g/mol. The summed E-state index contributed by atoms with van der Waals surface area (Å²) < 4.78 is 23.6. The zero-order chi connectivity index (χ0) is 13.3. The van der Waals surface area contributed by atoms with Gasteiger partial charge in [0, 0.05) is 0 Å². The molecule has 0 aliphatic rings. The van der Waals surface area contributed by atoms with Gasteiger partial charge in [0.25, 0.3) is 0 Å². The topological polar surface area (TPSA) is 120 Å². The minimum Gasteiger partial charge on any atom is -0.481 e. The van der Waals surface area contributed by atoms with Crippen LogP contribution in [0.15, 0.2) is 27.9 Å². The van der Waals surface area contributed by atoms with E-state index in [9.17, 15) is 18.0 Å². The molecule has 96 valence electrons. The number of benzene rings is 1.